The Morgan fingerprint density at radius 2 is 2.00 bits per heavy atom. The van der Waals surface area contributed by atoms with Crippen molar-refractivity contribution in [2.45, 2.75) is 52.2 Å². The summed E-state index contributed by atoms with van der Waals surface area (Å²) in [6.07, 6.45) is 0.679. The molecule has 0 bridgehead atoms. The molecule has 0 atom stereocenters. The Morgan fingerprint density at radius 1 is 1.26 bits per heavy atom. The maximum atomic E-state index is 12.3. The van der Waals surface area contributed by atoms with E-state index in [1.54, 1.807) is 0 Å². The van der Waals surface area contributed by atoms with Gasteiger partial charge in [0.2, 0.25) is 11.8 Å². The van der Waals surface area contributed by atoms with E-state index in [1.165, 1.54) is 11.8 Å². The van der Waals surface area contributed by atoms with E-state index in [9.17, 15) is 9.59 Å². The standard InChI is InChI=1S/C19H27N5O2S/c1-12(2)10-24-17(8-7-16(20)25)22-23-19(24)27-11-18(26)21-15-6-5-13(3)9-14(15)4/h5-6,9,12H,7-8,10-11H2,1-4H3,(H2,20,25)(H,21,26). The molecule has 0 unspecified atom stereocenters. The molecule has 2 amide bonds. The lowest BCUT2D eigenvalue weighted by atomic mass is 10.1. The third-order valence-corrected chi connectivity index (χ3v) is 4.89. The second kappa shape index (κ2) is 9.55. The van der Waals surface area contributed by atoms with Crippen LogP contribution in [-0.4, -0.2) is 32.3 Å². The van der Waals surface area contributed by atoms with Crippen LogP contribution in [0, 0.1) is 19.8 Å². The predicted octanol–water partition coefficient (Wildman–Crippen LogP) is 2.70. The van der Waals surface area contributed by atoms with Crippen molar-refractivity contribution < 1.29 is 9.59 Å². The van der Waals surface area contributed by atoms with Gasteiger partial charge in [0.05, 0.1) is 5.75 Å². The van der Waals surface area contributed by atoms with E-state index in [1.807, 2.05) is 36.6 Å². The lowest BCUT2D eigenvalue weighted by molar-refractivity contribution is -0.118. The number of hydrogen-bond acceptors (Lipinski definition) is 5. The quantitative estimate of drug-likeness (QED) is 0.642. The number of aryl methyl sites for hydroxylation is 3. The summed E-state index contributed by atoms with van der Waals surface area (Å²) in [5.74, 6) is 0.886. The second-order valence-corrected chi connectivity index (χ2v) is 7.97. The number of primary amides is 1. The number of rotatable bonds is 9. The molecular formula is C19H27N5O2S. The summed E-state index contributed by atoms with van der Waals surface area (Å²) in [5.41, 5.74) is 8.24. The normalized spacial score (nSPS) is 11.0. The van der Waals surface area contributed by atoms with Crippen LogP contribution in [0.3, 0.4) is 0 Å². The molecule has 1 aromatic carbocycles. The molecule has 8 heteroatoms. The molecule has 0 aliphatic carbocycles. The summed E-state index contributed by atoms with van der Waals surface area (Å²) in [7, 11) is 0. The number of amides is 2. The SMILES string of the molecule is Cc1ccc(NC(=O)CSc2nnc(CCC(N)=O)n2CC(C)C)c(C)c1. The van der Waals surface area contributed by atoms with Gasteiger partial charge >= 0.3 is 0 Å². The van der Waals surface area contributed by atoms with Crippen LogP contribution in [0.1, 0.15) is 37.2 Å². The summed E-state index contributed by atoms with van der Waals surface area (Å²) in [5, 5.41) is 12.0. The second-order valence-electron chi connectivity index (χ2n) is 7.02. The highest BCUT2D eigenvalue weighted by Gasteiger charge is 2.16. The summed E-state index contributed by atoms with van der Waals surface area (Å²) in [6, 6.07) is 5.92. The number of nitrogens with one attached hydrogen (secondary N) is 1. The van der Waals surface area contributed by atoms with Crippen molar-refractivity contribution >= 4 is 29.3 Å². The lowest BCUT2D eigenvalue weighted by Gasteiger charge is -2.12. The lowest BCUT2D eigenvalue weighted by Crippen LogP contribution is -2.17. The van der Waals surface area contributed by atoms with Crippen LogP contribution in [0.2, 0.25) is 0 Å². The summed E-state index contributed by atoms with van der Waals surface area (Å²) < 4.78 is 1.97. The molecule has 7 nitrogen and oxygen atoms in total. The van der Waals surface area contributed by atoms with Gasteiger partial charge in [-0.2, -0.15) is 0 Å². The third kappa shape index (κ3) is 6.39. The molecule has 0 fully saturated rings. The molecule has 27 heavy (non-hydrogen) atoms. The number of benzene rings is 1. The zero-order valence-electron chi connectivity index (χ0n) is 16.3. The van der Waals surface area contributed by atoms with E-state index in [4.69, 9.17) is 5.73 Å². The fourth-order valence-electron chi connectivity index (χ4n) is 2.66. The maximum absolute atomic E-state index is 12.3. The highest BCUT2D eigenvalue weighted by Crippen LogP contribution is 2.21. The molecule has 1 heterocycles. The van der Waals surface area contributed by atoms with Crippen molar-refractivity contribution in [2.75, 3.05) is 11.1 Å². The average Bonchev–Trinajstić information content (AvgIpc) is 2.95. The van der Waals surface area contributed by atoms with Crippen LogP contribution >= 0.6 is 11.8 Å². The third-order valence-electron chi connectivity index (χ3n) is 3.92. The Labute approximate surface area is 164 Å². The van der Waals surface area contributed by atoms with Crippen molar-refractivity contribution in [1.82, 2.24) is 14.8 Å². The summed E-state index contributed by atoms with van der Waals surface area (Å²) >= 11 is 1.34. The average molecular weight is 390 g/mol. The van der Waals surface area contributed by atoms with Gasteiger partial charge in [0.1, 0.15) is 5.82 Å². The van der Waals surface area contributed by atoms with Gasteiger partial charge in [-0.3, -0.25) is 9.59 Å². The molecular weight excluding hydrogens is 362 g/mol. The molecule has 0 saturated heterocycles. The number of aromatic nitrogens is 3. The minimum absolute atomic E-state index is 0.0928. The monoisotopic (exact) mass is 389 g/mol. The molecule has 2 rings (SSSR count). The van der Waals surface area contributed by atoms with Crippen LogP contribution in [0.15, 0.2) is 23.4 Å². The Balaban J connectivity index is 2.03. The van der Waals surface area contributed by atoms with Crippen molar-refractivity contribution in [3.63, 3.8) is 0 Å². The highest BCUT2D eigenvalue weighted by molar-refractivity contribution is 7.99. The van der Waals surface area contributed by atoms with E-state index in [0.717, 1.165) is 29.2 Å². The van der Waals surface area contributed by atoms with Gasteiger partial charge in [-0.25, -0.2) is 0 Å². The first kappa shape index (κ1) is 21.0. The van der Waals surface area contributed by atoms with Gasteiger partial charge in [0, 0.05) is 25.1 Å². The van der Waals surface area contributed by atoms with Crippen LogP contribution in [0.5, 0.6) is 0 Å². The molecule has 0 saturated carbocycles. The van der Waals surface area contributed by atoms with Gasteiger partial charge in [-0.15, -0.1) is 10.2 Å². The van der Waals surface area contributed by atoms with Crippen LogP contribution < -0.4 is 11.1 Å². The number of hydrogen-bond donors (Lipinski definition) is 2. The minimum atomic E-state index is -0.365. The maximum Gasteiger partial charge on any atom is 0.234 e. The molecule has 3 N–H and O–H groups in total. The van der Waals surface area contributed by atoms with Crippen molar-refractivity contribution in [1.29, 1.82) is 0 Å². The Bertz CT molecular complexity index is 816. The molecule has 2 aromatic rings. The van der Waals surface area contributed by atoms with E-state index < -0.39 is 0 Å². The highest BCUT2D eigenvalue weighted by atomic mass is 32.2. The van der Waals surface area contributed by atoms with Gasteiger partial charge < -0.3 is 15.6 Å². The van der Waals surface area contributed by atoms with Crippen LogP contribution in [-0.2, 0) is 22.6 Å². The number of thioether (sulfide) groups is 1. The summed E-state index contributed by atoms with van der Waals surface area (Å²) in [6.45, 7) is 8.91. The van der Waals surface area contributed by atoms with Crippen molar-refractivity contribution in [3.8, 4) is 0 Å². The van der Waals surface area contributed by atoms with E-state index >= 15 is 0 Å². The number of anilines is 1. The zero-order chi connectivity index (χ0) is 20.0. The largest absolute Gasteiger partial charge is 0.370 e. The number of nitrogens with zero attached hydrogens (tertiary/aromatic N) is 3. The molecule has 0 aliphatic heterocycles. The smallest absolute Gasteiger partial charge is 0.234 e. The molecule has 0 spiro atoms. The van der Waals surface area contributed by atoms with Crippen molar-refractivity contribution in [3.05, 3.63) is 35.2 Å². The molecule has 0 aliphatic rings. The number of nitrogens with two attached hydrogens (primary N) is 1. The fraction of sp³-hybridized carbons (Fsp3) is 0.474. The van der Waals surface area contributed by atoms with E-state index in [0.29, 0.717) is 17.5 Å². The first-order valence-electron chi connectivity index (χ1n) is 8.96. The zero-order valence-corrected chi connectivity index (χ0v) is 17.1. The predicted molar refractivity (Wildman–Crippen MR) is 108 cm³/mol. The number of carbonyl (C=O) groups is 2. The van der Waals surface area contributed by atoms with Gasteiger partial charge in [0.15, 0.2) is 5.16 Å². The first-order valence-corrected chi connectivity index (χ1v) is 9.95. The topological polar surface area (TPSA) is 103 Å². The van der Waals surface area contributed by atoms with Crippen molar-refractivity contribution in [2.24, 2.45) is 11.7 Å². The minimum Gasteiger partial charge on any atom is -0.370 e. The van der Waals surface area contributed by atoms with Gasteiger partial charge in [0.25, 0.3) is 0 Å². The van der Waals surface area contributed by atoms with Gasteiger partial charge in [-0.05, 0) is 31.4 Å². The van der Waals surface area contributed by atoms with E-state index in [2.05, 4.69) is 29.4 Å². The summed E-state index contributed by atoms with van der Waals surface area (Å²) in [4.78, 5) is 23.4. The molecule has 1 aromatic heterocycles. The molecule has 0 radical (unpaired) electrons. The van der Waals surface area contributed by atoms with Gasteiger partial charge in [-0.1, -0.05) is 43.3 Å². The Kier molecular flexibility index (Phi) is 7.41. The first-order chi connectivity index (χ1) is 12.8. The van der Waals surface area contributed by atoms with Crippen LogP contribution in [0.25, 0.3) is 0 Å². The van der Waals surface area contributed by atoms with E-state index in [-0.39, 0.29) is 24.0 Å². The Hall–Kier alpha value is -2.35. The van der Waals surface area contributed by atoms with Crippen LogP contribution in [0.4, 0.5) is 5.69 Å². The number of carbonyl (C=O) groups excluding carboxylic acids is 2. The Morgan fingerprint density at radius 3 is 2.63 bits per heavy atom. The fourth-order valence-corrected chi connectivity index (χ4v) is 3.43. The molecule has 146 valence electrons.